The van der Waals surface area contributed by atoms with Gasteiger partial charge < -0.3 is 4.74 Å². The minimum Gasteiger partial charge on any atom is -0.458 e. The maximum Gasteiger partial charge on any atom is 0.340 e. The fourth-order valence-corrected chi connectivity index (χ4v) is 3.26. The fraction of sp³-hybridized carbons (Fsp3) is 0.118. The number of hydrogen-bond acceptors (Lipinski definition) is 4. The quantitative estimate of drug-likeness (QED) is 0.624. The molecule has 0 atom stereocenters. The fourth-order valence-electron chi connectivity index (χ4n) is 1.91. The average Bonchev–Trinajstić information content (AvgIpc) is 2.55. The molecular weight excluding hydrogens is 350 g/mol. The maximum absolute atomic E-state index is 12.5. The number of halogens is 1. The molecule has 2 aromatic rings. The first-order valence-electron chi connectivity index (χ1n) is 7.01. The van der Waals surface area contributed by atoms with Gasteiger partial charge in [-0.05, 0) is 36.8 Å². The number of ether oxygens (including phenoxy) is 1. The van der Waals surface area contributed by atoms with Gasteiger partial charge in [0, 0.05) is 5.02 Å². The molecule has 0 aliphatic heterocycles. The Balaban J connectivity index is 2.34. The Labute approximate surface area is 146 Å². The molecule has 0 bridgehead atoms. The lowest BCUT2D eigenvalue weighted by molar-refractivity contribution is 0.0551. The number of hydrogen-bond donors (Lipinski definition) is 1. The molecule has 0 aliphatic carbocycles. The first kappa shape index (κ1) is 18.0. The molecule has 0 saturated carbocycles. The minimum absolute atomic E-state index is 0.00682. The van der Waals surface area contributed by atoms with E-state index in [1.165, 1.54) is 30.3 Å². The number of aryl methyl sites for hydroxylation is 1. The molecule has 0 aliphatic rings. The van der Waals surface area contributed by atoms with Crippen LogP contribution in [0.4, 0.5) is 5.69 Å². The molecule has 0 heterocycles. The molecule has 7 heteroatoms. The summed E-state index contributed by atoms with van der Waals surface area (Å²) >= 11 is 5.99. The molecule has 5 nitrogen and oxygen atoms in total. The van der Waals surface area contributed by atoms with E-state index >= 15 is 0 Å². The number of carbonyl (C=O) groups is 1. The Bertz CT molecular complexity index is 878. The summed E-state index contributed by atoms with van der Waals surface area (Å²) in [5.41, 5.74) is 1.01. The van der Waals surface area contributed by atoms with Crippen LogP contribution in [0.15, 0.2) is 60.0 Å². The molecule has 0 amide bonds. The molecule has 0 fully saturated rings. The van der Waals surface area contributed by atoms with Crippen LogP contribution in [0.1, 0.15) is 15.9 Å². The van der Waals surface area contributed by atoms with Crippen LogP contribution in [0, 0.1) is 6.92 Å². The molecule has 24 heavy (non-hydrogen) atoms. The van der Waals surface area contributed by atoms with E-state index in [-0.39, 0.29) is 22.8 Å². The van der Waals surface area contributed by atoms with Crippen LogP contribution in [0.25, 0.3) is 0 Å². The highest BCUT2D eigenvalue weighted by molar-refractivity contribution is 7.92. The zero-order chi connectivity index (χ0) is 17.7. The Morgan fingerprint density at radius 3 is 2.67 bits per heavy atom. The van der Waals surface area contributed by atoms with Gasteiger partial charge in [-0.3, -0.25) is 4.72 Å². The van der Waals surface area contributed by atoms with Gasteiger partial charge in [0.1, 0.15) is 6.61 Å². The van der Waals surface area contributed by atoms with Gasteiger partial charge in [-0.15, -0.1) is 0 Å². The zero-order valence-electron chi connectivity index (χ0n) is 13.0. The third-order valence-electron chi connectivity index (χ3n) is 3.18. The van der Waals surface area contributed by atoms with Crippen molar-refractivity contribution >= 4 is 33.3 Å². The van der Waals surface area contributed by atoms with Gasteiger partial charge in [-0.2, -0.15) is 0 Å². The van der Waals surface area contributed by atoms with Crippen LogP contribution in [-0.2, 0) is 14.8 Å². The van der Waals surface area contributed by atoms with Crippen molar-refractivity contribution in [3.8, 4) is 0 Å². The highest BCUT2D eigenvalue weighted by Gasteiger charge is 2.19. The minimum atomic E-state index is -3.89. The van der Waals surface area contributed by atoms with E-state index in [0.717, 1.165) is 5.56 Å². The molecule has 2 aromatic carbocycles. The highest BCUT2D eigenvalue weighted by atomic mass is 35.5. The molecule has 0 radical (unpaired) electrons. The van der Waals surface area contributed by atoms with Crippen molar-refractivity contribution in [2.45, 2.75) is 11.8 Å². The molecule has 126 valence electrons. The van der Waals surface area contributed by atoms with Crippen molar-refractivity contribution in [2.75, 3.05) is 11.3 Å². The van der Waals surface area contributed by atoms with E-state index in [9.17, 15) is 13.2 Å². The first-order chi connectivity index (χ1) is 11.3. The summed E-state index contributed by atoms with van der Waals surface area (Å²) < 4.78 is 32.4. The Hall–Kier alpha value is -2.31. The average molecular weight is 366 g/mol. The van der Waals surface area contributed by atoms with Crippen molar-refractivity contribution in [2.24, 2.45) is 0 Å². The highest BCUT2D eigenvalue weighted by Crippen LogP contribution is 2.24. The van der Waals surface area contributed by atoms with Crippen LogP contribution >= 0.6 is 11.6 Å². The molecule has 0 spiro atoms. The molecule has 0 unspecified atom stereocenters. The SMILES string of the molecule is C=CCOC(=O)c1ccccc1NS(=O)(=O)c1ccc(C)c(Cl)c1. The third kappa shape index (κ3) is 4.15. The molecule has 2 rings (SSSR count). The number of esters is 1. The Kier molecular flexibility index (Phi) is 5.64. The molecule has 1 N–H and O–H groups in total. The number of sulfonamides is 1. The molecule has 0 aromatic heterocycles. The predicted molar refractivity (Wildman–Crippen MR) is 93.9 cm³/mol. The third-order valence-corrected chi connectivity index (χ3v) is 4.95. The number of nitrogens with one attached hydrogen (secondary N) is 1. The Morgan fingerprint density at radius 1 is 1.29 bits per heavy atom. The van der Waals surface area contributed by atoms with Crippen molar-refractivity contribution in [1.82, 2.24) is 0 Å². The largest absolute Gasteiger partial charge is 0.458 e. The van der Waals surface area contributed by atoms with Gasteiger partial charge >= 0.3 is 5.97 Å². The number of carbonyl (C=O) groups excluding carboxylic acids is 1. The summed E-state index contributed by atoms with van der Waals surface area (Å²) in [5.74, 6) is -0.643. The summed E-state index contributed by atoms with van der Waals surface area (Å²) in [6.07, 6.45) is 1.43. The summed E-state index contributed by atoms with van der Waals surface area (Å²) in [6.45, 7) is 5.27. The van der Waals surface area contributed by atoms with E-state index < -0.39 is 16.0 Å². The normalized spacial score (nSPS) is 10.9. The Morgan fingerprint density at radius 2 is 2.00 bits per heavy atom. The lowest BCUT2D eigenvalue weighted by atomic mass is 10.2. The van der Waals surface area contributed by atoms with Crippen molar-refractivity contribution in [3.63, 3.8) is 0 Å². The van der Waals surface area contributed by atoms with Gasteiger partial charge in [-0.25, -0.2) is 13.2 Å². The van der Waals surface area contributed by atoms with Gasteiger partial charge in [0.05, 0.1) is 16.1 Å². The predicted octanol–water partition coefficient (Wildman–Crippen LogP) is 3.79. The summed E-state index contributed by atoms with van der Waals surface area (Å²) in [7, 11) is -3.89. The number of rotatable bonds is 6. The number of anilines is 1. The second-order valence-corrected chi connectivity index (χ2v) is 7.04. The van der Waals surface area contributed by atoms with E-state index in [2.05, 4.69) is 11.3 Å². The smallest absolute Gasteiger partial charge is 0.340 e. The van der Waals surface area contributed by atoms with Gasteiger partial charge in [0.15, 0.2) is 0 Å². The van der Waals surface area contributed by atoms with Crippen LogP contribution in [0.2, 0.25) is 5.02 Å². The summed E-state index contributed by atoms with van der Waals surface area (Å²) in [5, 5.41) is 0.344. The number of para-hydroxylation sites is 1. The van der Waals surface area contributed by atoms with Crippen LogP contribution in [0.3, 0.4) is 0 Å². The van der Waals surface area contributed by atoms with E-state index in [0.29, 0.717) is 5.02 Å². The molecular formula is C17H16ClNO4S. The monoisotopic (exact) mass is 365 g/mol. The van der Waals surface area contributed by atoms with E-state index in [4.69, 9.17) is 16.3 Å². The molecule has 0 saturated heterocycles. The van der Waals surface area contributed by atoms with E-state index in [1.807, 2.05) is 0 Å². The van der Waals surface area contributed by atoms with E-state index in [1.54, 1.807) is 25.1 Å². The standard InChI is InChI=1S/C17H16ClNO4S/c1-3-10-23-17(20)14-6-4-5-7-16(14)19-24(21,22)13-9-8-12(2)15(18)11-13/h3-9,11,19H,1,10H2,2H3. The lowest BCUT2D eigenvalue weighted by Gasteiger charge is -2.12. The van der Waals surface area contributed by atoms with Gasteiger partial charge in [0.25, 0.3) is 10.0 Å². The number of benzene rings is 2. The second-order valence-electron chi connectivity index (χ2n) is 4.95. The van der Waals surface area contributed by atoms with Gasteiger partial charge in [0.2, 0.25) is 0 Å². The topological polar surface area (TPSA) is 72.5 Å². The maximum atomic E-state index is 12.5. The second kappa shape index (κ2) is 7.51. The van der Waals surface area contributed by atoms with Crippen LogP contribution in [-0.4, -0.2) is 21.0 Å². The van der Waals surface area contributed by atoms with Crippen molar-refractivity contribution in [3.05, 3.63) is 71.3 Å². The zero-order valence-corrected chi connectivity index (χ0v) is 14.5. The first-order valence-corrected chi connectivity index (χ1v) is 8.87. The summed E-state index contributed by atoms with van der Waals surface area (Å²) in [4.78, 5) is 12.0. The van der Waals surface area contributed by atoms with Crippen LogP contribution in [0.5, 0.6) is 0 Å². The van der Waals surface area contributed by atoms with Crippen LogP contribution < -0.4 is 4.72 Å². The summed E-state index contributed by atoms with van der Waals surface area (Å²) in [6, 6.07) is 10.6. The van der Waals surface area contributed by atoms with Gasteiger partial charge in [-0.1, -0.05) is 42.5 Å². The lowest BCUT2D eigenvalue weighted by Crippen LogP contribution is -2.16. The van der Waals surface area contributed by atoms with Crippen molar-refractivity contribution in [1.29, 1.82) is 0 Å². The van der Waals surface area contributed by atoms with Crippen molar-refractivity contribution < 1.29 is 17.9 Å².